The minimum atomic E-state index is 0.421. The number of anilines is 3. The van der Waals surface area contributed by atoms with Crippen LogP contribution in [0, 0.1) is 0 Å². The van der Waals surface area contributed by atoms with Crippen LogP contribution in [0.25, 0.3) is 0 Å². The molecule has 0 spiro atoms. The van der Waals surface area contributed by atoms with Gasteiger partial charge in [0.25, 0.3) is 0 Å². The number of halogens is 1. The molecule has 2 aromatic carbocycles. The maximum absolute atomic E-state index is 5.88. The summed E-state index contributed by atoms with van der Waals surface area (Å²) in [6.07, 6.45) is 2.41. The maximum Gasteiger partial charge on any atom is 0.249 e. The average molecular weight is 356 g/mol. The molecule has 3 rings (SSSR count). The Labute approximate surface area is 151 Å². The van der Waals surface area contributed by atoms with Gasteiger partial charge < -0.3 is 15.4 Å². The van der Waals surface area contributed by atoms with Crippen molar-refractivity contribution in [2.24, 2.45) is 0 Å². The van der Waals surface area contributed by atoms with Gasteiger partial charge in [-0.3, -0.25) is 0 Å². The Morgan fingerprint density at radius 2 is 1.88 bits per heavy atom. The minimum absolute atomic E-state index is 0.421. The predicted octanol–water partition coefficient (Wildman–Crippen LogP) is 3.93. The average Bonchev–Trinajstić information content (AvgIpc) is 2.64. The summed E-state index contributed by atoms with van der Waals surface area (Å²) < 4.78 is 5.36. The highest BCUT2D eigenvalue weighted by Gasteiger charge is 2.04. The number of benzene rings is 2. The summed E-state index contributed by atoms with van der Waals surface area (Å²) in [5, 5.41) is 15.0. The van der Waals surface area contributed by atoms with Crippen molar-refractivity contribution < 1.29 is 4.74 Å². The predicted molar refractivity (Wildman–Crippen MR) is 99.7 cm³/mol. The molecule has 2 N–H and O–H groups in total. The molecule has 0 fully saturated rings. The SMILES string of the molecule is COc1ccccc1CCNc1cnnc(Nc2ccc(Cl)cc2)n1. The van der Waals surface area contributed by atoms with Gasteiger partial charge in [0, 0.05) is 17.3 Å². The molecule has 1 heterocycles. The fraction of sp³-hybridized carbons (Fsp3) is 0.167. The summed E-state index contributed by atoms with van der Waals surface area (Å²) in [4.78, 5) is 4.40. The number of nitrogens with one attached hydrogen (secondary N) is 2. The van der Waals surface area contributed by atoms with Gasteiger partial charge in [-0.1, -0.05) is 29.8 Å². The van der Waals surface area contributed by atoms with Crippen molar-refractivity contribution >= 4 is 29.1 Å². The standard InChI is InChI=1S/C18H18ClN5O/c1-25-16-5-3-2-4-13(16)10-11-20-17-12-21-24-18(23-17)22-15-8-6-14(19)7-9-15/h2-9,12H,10-11H2,1H3,(H2,20,22,23,24). The molecule has 6 nitrogen and oxygen atoms in total. The zero-order valence-electron chi connectivity index (χ0n) is 13.7. The first-order valence-electron chi connectivity index (χ1n) is 7.82. The van der Waals surface area contributed by atoms with Crippen LogP contribution in [-0.2, 0) is 6.42 Å². The van der Waals surface area contributed by atoms with E-state index in [2.05, 4.69) is 25.8 Å². The molecule has 128 valence electrons. The van der Waals surface area contributed by atoms with Gasteiger partial charge in [-0.15, -0.1) is 5.10 Å². The molecule has 7 heteroatoms. The molecule has 0 saturated heterocycles. The molecule has 0 amide bonds. The van der Waals surface area contributed by atoms with Crippen LogP contribution in [-0.4, -0.2) is 28.8 Å². The number of hydrogen-bond donors (Lipinski definition) is 2. The number of aromatic nitrogens is 3. The van der Waals surface area contributed by atoms with E-state index in [1.165, 1.54) is 0 Å². The van der Waals surface area contributed by atoms with Crippen LogP contribution in [0.3, 0.4) is 0 Å². The molecule has 0 unspecified atom stereocenters. The van der Waals surface area contributed by atoms with E-state index in [9.17, 15) is 0 Å². The Morgan fingerprint density at radius 3 is 2.68 bits per heavy atom. The van der Waals surface area contributed by atoms with Gasteiger partial charge in [-0.25, -0.2) is 0 Å². The summed E-state index contributed by atoms with van der Waals surface area (Å²) in [7, 11) is 1.68. The third-order valence-corrected chi connectivity index (χ3v) is 3.80. The molecule has 0 bridgehead atoms. The highest BCUT2D eigenvalue weighted by atomic mass is 35.5. The van der Waals surface area contributed by atoms with Crippen molar-refractivity contribution in [1.29, 1.82) is 0 Å². The van der Waals surface area contributed by atoms with Crippen LogP contribution >= 0.6 is 11.6 Å². The fourth-order valence-corrected chi connectivity index (χ4v) is 2.46. The number of para-hydroxylation sites is 1. The van der Waals surface area contributed by atoms with Gasteiger partial charge in [0.2, 0.25) is 5.95 Å². The van der Waals surface area contributed by atoms with Crippen molar-refractivity contribution in [3.05, 3.63) is 65.3 Å². The van der Waals surface area contributed by atoms with E-state index in [0.29, 0.717) is 23.3 Å². The normalized spacial score (nSPS) is 10.3. The molecule has 0 saturated carbocycles. The molecule has 0 aliphatic carbocycles. The number of ether oxygens (including phenoxy) is 1. The van der Waals surface area contributed by atoms with Gasteiger partial charge in [-0.2, -0.15) is 10.1 Å². The van der Waals surface area contributed by atoms with E-state index in [-0.39, 0.29) is 0 Å². The third kappa shape index (κ3) is 4.81. The Kier molecular flexibility index (Phi) is 5.64. The molecule has 0 aliphatic heterocycles. The summed E-state index contributed by atoms with van der Waals surface area (Å²) in [6, 6.07) is 15.3. The Bertz CT molecular complexity index is 826. The zero-order valence-corrected chi connectivity index (χ0v) is 14.5. The molecule has 3 aromatic rings. The van der Waals surface area contributed by atoms with E-state index in [1.54, 1.807) is 25.4 Å². The summed E-state index contributed by atoms with van der Waals surface area (Å²) in [5.41, 5.74) is 1.98. The zero-order chi connectivity index (χ0) is 17.5. The molecule has 0 atom stereocenters. The van der Waals surface area contributed by atoms with Crippen molar-refractivity contribution in [2.45, 2.75) is 6.42 Å². The second-order valence-electron chi connectivity index (χ2n) is 5.29. The maximum atomic E-state index is 5.88. The van der Waals surface area contributed by atoms with Crippen molar-refractivity contribution in [1.82, 2.24) is 15.2 Å². The lowest BCUT2D eigenvalue weighted by Gasteiger charge is -2.10. The molecular weight excluding hydrogens is 338 g/mol. The van der Waals surface area contributed by atoms with E-state index >= 15 is 0 Å². The highest BCUT2D eigenvalue weighted by Crippen LogP contribution is 2.18. The van der Waals surface area contributed by atoms with Crippen LogP contribution in [0.2, 0.25) is 5.02 Å². The molecular formula is C18H18ClN5O. The third-order valence-electron chi connectivity index (χ3n) is 3.55. The monoisotopic (exact) mass is 355 g/mol. The molecule has 0 aliphatic rings. The molecule has 0 radical (unpaired) electrons. The Balaban J connectivity index is 1.59. The smallest absolute Gasteiger partial charge is 0.249 e. The lowest BCUT2D eigenvalue weighted by molar-refractivity contribution is 0.410. The van der Waals surface area contributed by atoms with Crippen molar-refractivity contribution in [3.8, 4) is 5.75 Å². The van der Waals surface area contributed by atoms with Gasteiger partial charge in [0.05, 0.1) is 13.3 Å². The van der Waals surface area contributed by atoms with E-state index in [4.69, 9.17) is 16.3 Å². The lowest BCUT2D eigenvalue weighted by Crippen LogP contribution is -2.09. The summed E-state index contributed by atoms with van der Waals surface area (Å²) in [5.74, 6) is 1.96. The van der Waals surface area contributed by atoms with Crippen LogP contribution in [0.4, 0.5) is 17.5 Å². The lowest BCUT2D eigenvalue weighted by atomic mass is 10.1. The summed E-state index contributed by atoms with van der Waals surface area (Å²) in [6.45, 7) is 0.708. The minimum Gasteiger partial charge on any atom is -0.496 e. The Morgan fingerprint density at radius 1 is 1.08 bits per heavy atom. The van der Waals surface area contributed by atoms with E-state index < -0.39 is 0 Å². The second-order valence-corrected chi connectivity index (χ2v) is 5.72. The molecule has 25 heavy (non-hydrogen) atoms. The first-order chi connectivity index (χ1) is 12.2. The Hall–Kier alpha value is -2.86. The van der Waals surface area contributed by atoms with Gasteiger partial charge in [-0.05, 0) is 42.3 Å². The number of nitrogens with zero attached hydrogens (tertiary/aromatic N) is 3. The van der Waals surface area contributed by atoms with Crippen LogP contribution in [0.5, 0.6) is 5.75 Å². The first-order valence-corrected chi connectivity index (χ1v) is 8.20. The first kappa shape index (κ1) is 17.0. The fourth-order valence-electron chi connectivity index (χ4n) is 2.34. The van der Waals surface area contributed by atoms with Crippen LogP contribution < -0.4 is 15.4 Å². The number of hydrogen-bond acceptors (Lipinski definition) is 6. The van der Waals surface area contributed by atoms with Gasteiger partial charge in [0.15, 0.2) is 5.82 Å². The van der Waals surface area contributed by atoms with Gasteiger partial charge >= 0.3 is 0 Å². The highest BCUT2D eigenvalue weighted by molar-refractivity contribution is 6.30. The van der Waals surface area contributed by atoms with Gasteiger partial charge in [0.1, 0.15) is 5.75 Å². The topological polar surface area (TPSA) is 72.0 Å². The quantitative estimate of drug-likeness (QED) is 0.669. The second kappa shape index (κ2) is 8.30. The van der Waals surface area contributed by atoms with E-state index in [1.807, 2.05) is 36.4 Å². The molecule has 1 aromatic heterocycles. The van der Waals surface area contributed by atoms with Crippen LogP contribution in [0.1, 0.15) is 5.56 Å². The number of methoxy groups -OCH3 is 1. The van der Waals surface area contributed by atoms with Crippen molar-refractivity contribution in [2.75, 3.05) is 24.3 Å². The number of rotatable bonds is 7. The largest absolute Gasteiger partial charge is 0.496 e. The van der Waals surface area contributed by atoms with Crippen molar-refractivity contribution in [3.63, 3.8) is 0 Å². The summed E-state index contributed by atoms with van der Waals surface area (Å²) >= 11 is 5.88. The van der Waals surface area contributed by atoms with Crippen LogP contribution in [0.15, 0.2) is 54.7 Å². The van der Waals surface area contributed by atoms with E-state index in [0.717, 1.165) is 23.4 Å².